The van der Waals surface area contributed by atoms with E-state index in [1.165, 1.54) is 54.1 Å². The molecule has 2 aromatic rings. The molecule has 0 bridgehead atoms. The molecule has 1 aliphatic carbocycles. The van der Waals surface area contributed by atoms with Crippen molar-refractivity contribution in [1.82, 2.24) is 4.98 Å². The lowest BCUT2D eigenvalue weighted by atomic mass is 10.3. The van der Waals surface area contributed by atoms with Crippen molar-refractivity contribution in [2.24, 2.45) is 0 Å². The number of hydrogen-bond donors (Lipinski definition) is 0. The third-order valence-corrected chi connectivity index (χ3v) is 5.52. The van der Waals surface area contributed by atoms with Gasteiger partial charge in [-0.1, -0.05) is 0 Å². The van der Waals surface area contributed by atoms with Crippen LogP contribution in [-0.2, 0) is 10.0 Å². The summed E-state index contributed by atoms with van der Waals surface area (Å²) in [5.74, 6) is 0.343. The molecule has 1 heterocycles. The van der Waals surface area contributed by atoms with Crippen LogP contribution in [0.3, 0.4) is 0 Å². The minimum atomic E-state index is -3.84. The zero-order valence-corrected chi connectivity index (χ0v) is 13.6. The number of non-ortho nitro benzene ring substituents is 1. The van der Waals surface area contributed by atoms with Crippen molar-refractivity contribution < 1.29 is 18.1 Å². The Hall–Kier alpha value is -2.68. The summed E-state index contributed by atoms with van der Waals surface area (Å²) in [6.45, 7) is 0. The van der Waals surface area contributed by atoms with E-state index in [0.717, 1.165) is 12.8 Å². The summed E-state index contributed by atoms with van der Waals surface area (Å²) < 4.78 is 32.3. The highest BCUT2D eigenvalue weighted by molar-refractivity contribution is 7.92. The average molecular weight is 349 g/mol. The summed E-state index contributed by atoms with van der Waals surface area (Å²) in [4.78, 5) is 14.2. The fourth-order valence-corrected chi connectivity index (χ4v) is 4.03. The van der Waals surface area contributed by atoms with Gasteiger partial charge >= 0.3 is 0 Å². The summed E-state index contributed by atoms with van der Waals surface area (Å²) in [5.41, 5.74) is 0.306. The van der Waals surface area contributed by atoms with Crippen LogP contribution in [0.2, 0.25) is 0 Å². The van der Waals surface area contributed by atoms with E-state index in [-0.39, 0.29) is 16.6 Å². The van der Waals surface area contributed by atoms with E-state index in [2.05, 4.69) is 4.98 Å². The first-order chi connectivity index (χ1) is 11.4. The lowest BCUT2D eigenvalue weighted by Crippen LogP contribution is -2.33. The first-order valence-corrected chi connectivity index (χ1v) is 8.65. The van der Waals surface area contributed by atoms with E-state index < -0.39 is 14.9 Å². The van der Waals surface area contributed by atoms with E-state index in [4.69, 9.17) is 4.74 Å². The van der Waals surface area contributed by atoms with Crippen LogP contribution in [0, 0.1) is 10.1 Å². The molecule has 0 aliphatic heterocycles. The molecule has 0 atom stereocenters. The van der Waals surface area contributed by atoms with Crippen LogP contribution in [0.1, 0.15) is 12.8 Å². The van der Waals surface area contributed by atoms with Crippen molar-refractivity contribution in [3.8, 4) is 5.75 Å². The smallest absolute Gasteiger partial charge is 0.269 e. The predicted octanol–water partition coefficient (Wildman–Crippen LogP) is 2.36. The highest BCUT2D eigenvalue weighted by atomic mass is 32.2. The fraction of sp³-hybridized carbons (Fsp3) is 0.267. The van der Waals surface area contributed by atoms with E-state index in [9.17, 15) is 18.5 Å². The first kappa shape index (κ1) is 16.2. The fourth-order valence-electron chi connectivity index (χ4n) is 2.34. The summed E-state index contributed by atoms with van der Waals surface area (Å²) in [5, 5.41) is 10.8. The molecule has 8 nitrogen and oxygen atoms in total. The molecule has 24 heavy (non-hydrogen) atoms. The Morgan fingerprint density at radius 1 is 1.25 bits per heavy atom. The number of methoxy groups -OCH3 is 1. The number of rotatable bonds is 6. The second kappa shape index (κ2) is 6.08. The lowest BCUT2D eigenvalue weighted by Gasteiger charge is -2.24. The molecule has 0 radical (unpaired) electrons. The largest absolute Gasteiger partial charge is 0.495 e. The van der Waals surface area contributed by atoms with Crippen LogP contribution in [0.25, 0.3) is 0 Å². The zero-order chi connectivity index (χ0) is 17.3. The molecule has 0 unspecified atom stereocenters. The van der Waals surface area contributed by atoms with Crippen molar-refractivity contribution in [3.63, 3.8) is 0 Å². The van der Waals surface area contributed by atoms with Gasteiger partial charge < -0.3 is 4.74 Å². The maximum atomic E-state index is 13.0. The number of pyridine rings is 1. The van der Waals surface area contributed by atoms with Crippen molar-refractivity contribution in [2.45, 2.75) is 23.8 Å². The van der Waals surface area contributed by atoms with Gasteiger partial charge in [-0.3, -0.25) is 19.4 Å². The maximum Gasteiger partial charge on any atom is 0.269 e. The second-order valence-electron chi connectivity index (χ2n) is 5.37. The molecule has 1 aliphatic rings. The molecule has 1 fully saturated rings. The molecule has 9 heteroatoms. The topological polar surface area (TPSA) is 103 Å². The van der Waals surface area contributed by atoms with E-state index in [0.29, 0.717) is 11.4 Å². The number of anilines is 1. The molecular formula is C15H15N3O5S. The number of sulfonamides is 1. The number of aromatic nitrogens is 1. The maximum absolute atomic E-state index is 13.0. The van der Waals surface area contributed by atoms with E-state index >= 15 is 0 Å². The summed E-state index contributed by atoms with van der Waals surface area (Å²) in [7, 11) is -2.40. The molecule has 0 N–H and O–H groups in total. The van der Waals surface area contributed by atoms with Gasteiger partial charge in [0.1, 0.15) is 10.6 Å². The van der Waals surface area contributed by atoms with Gasteiger partial charge in [0.2, 0.25) is 0 Å². The van der Waals surface area contributed by atoms with E-state index in [1.807, 2.05) is 0 Å². The molecule has 3 rings (SSSR count). The van der Waals surface area contributed by atoms with Crippen LogP contribution in [-0.4, -0.2) is 31.5 Å². The minimum Gasteiger partial charge on any atom is -0.495 e. The Morgan fingerprint density at radius 2 is 1.92 bits per heavy atom. The molecule has 0 saturated heterocycles. The molecular weight excluding hydrogens is 334 g/mol. The van der Waals surface area contributed by atoms with Gasteiger partial charge in [-0.05, 0) is 25.0 Å². The van der Waals surface area contributed by atoms with Gasteiger partial charge in [0.15, 0.2) is 0 Å². The van der Waals surface area contributed by atoms with Crippen molar-refractivity contribution in [3.05, 3.63) is 52.8 Å². The Kier molecular flexibility index (Phi) is 4.10. The van der Waals surface area contributed by atoms with Gasteiger partial charge in [0, 0.05) is 30.4 Å². The Balaban J connectivity index is 2.02. The van der Waals surface area contributed by atoms with Crippen LogP contribution >= 0.6 is 0 Å². The number of hydrogen-bond acceptors (Lipinski definition) is 6. The Bertz CT molecular complexity index is 863. The molecule has 1 aromatic carbocycles. The monoisotopic (exact) mass is 349 g/mol. The number of benzene rings is 1. The minimum absolute atomic E-state index is 0.0205. The summed E-state index contributed by atoms with van der Waals surface area (Å²) >= 11 is 0. The second-order valence-corrected chi connectivity index (χ2v) is 7.18. The first-order valence-electron chi connectivity index (χ1n) is 7.21. The van der Waals surface area contributed by atoms with E-state index in [1.54, 1.807) is 0 Å². The number of ether oxygens (including phenoxy) is 1. The van der Waals surface area contributed by atoms with Gasteiger partial charge in [0.05, 0.1) is 23.9 Å². The SMILES string of the molecule is COc1cncc(S(=O)(=O)N(c2ccc([N+](=O)[O-])cc2)C2CC2)c1. The molecule has 0 spiro atoms. The highest BCUT2D eigenvalue weighted by Gasteiger charge is 2.38. The van der Waals surface area contributed by atoms with Crippen molar-refractivity contribution in [1.29, 1.82) is 0 Å². The quantitative estimate of drug-likeness (QED) is 0.586. The number of nitro benzene ring substituents is 1. The molecule has 0 amide bonds. The van der Waals surface area contributed by atoms with Crippen LogP contribution < -0.4 is 9.04 Å². The normalized spacial score (nSPS) is 14.2. The van der Waals surface area contributed by atoms with Crippen molar-refractivity contribution in [2.75, 3.05) is 11.4 Å². The zero-order valence-electron chi connectivity index (χ0n) is 12.8. The van der Waals surface area contributed by atoms with Crippen LogP contribution in [0.15, 0.2) is 47.6 Å². The van der Waals surface area contributed by atoms with Crippen LogP contribution in [0.4, 0.5) is 11.4 Å². The van der Waals surface area contributed by atoms with Gasteiger partial charge in [-0.25, -0.2) is 8.42 Å². The van der Waals surface area contributed by atoms with Gasteiger partial charge in [0.25, 0.3) is 15.7 Å². The van der Waals surface area contributed by atoms with Gasteiger partial charge in [-0.15, -0.1) is 0 Å². The molecule has 1 aromatic heterocycles. The Labute approximate surface area is 138 Å². The summed E-state index contributed by atoms with van der Waals surface area (Å²) in [6, 6.07) is 6.74. The Morgan fingerprint density at radius 3 is 2.46 bits per heavy atom. The third kappa shape index (κ3) is 3.02. The number of nitrogens with zero attached hydrogens (tertiary/aromatic N) is 3. The molecule has 1 saturated carbocycles. The predicted molar refractivity (Wildman–Crippen MR) is 86.6 cm³/mol. The lowest BCUT2D eigenvalue weighted by molar-refractivity contribution is -0.384. The molecule has 126 valence electrons. The summed E-state index contributed by atoms with van der Waals surface area (Å²) in [6.07, 6.45) is 4.17. The van der Waals surface area contributed by atoms with Crippen molar-refractivity contribution >= 4 is 21.4 Å². The van der Waals surface area contributed by atoms with Crippen LogP contribution in [0.5, 0.6) is 5.75 Å². The van der Waals surface area contributed by atoms with Gasteiger partial charge in [-0.2, -0.15) is 0 Å². The average Bonchev–Trinajstić information content (AvgIpc) is 3.40. The third-order valence-electron chi connectivity index (χ3n) is 3.67. The highest BCUT2D eigenvalue weighted by Crippen LogP contribution is 2.37. The standard InChI is InChI=1S/C15H15N3O5S/c1-23-14-8-15(10-16-9-14)24(21,22)17(11-2-3-11)12-4-6-13(7-5-12)18(19)20/h4-11H,2-3H2,1H3. The number of nitro groups is 1.